The minimum atomic E-state index is 0.981. The summed E-state index contributed by atoms with van der Waals surface area (Å²) in [6.07, 6.45) is 0. The lowest BCUT2D eigenvalue weighted by molar-refractivity contribution is 0.659. The molecule has 0 aliphatic rings. The summed E-state index contributed by atoms with van der Waals surface area (Å²) in [7, 11) is 2.08. The predicted octanol–water partition coefficient (Wildman–Crippen LogP) is 3.54. The molecule has 3 rings (SSSR count). The van der Waals surface area contributed by atoms with E-state index in [2.05, 4.69) is 37.6 Å². The highest BCUT2D eigenvalue weighted by atomic mass is 16.3. The fourth-order valence-electron chi connectivity index (χ4n) is 2.23. The molecule has 0 aliphatic carbocycles. The van der Waals surface area contributed by atoms with Crippen molar-refractivity contribution in [3.05, 3.63) is 35.7 Å². The van der Waals surface area contributed by atoms with E-state index < -0.39 is 0 Å². The quantitative estimate of drug-likeness (QED) is 0.541. The van der Waals surface area contributed by atoms with Crippen LogP contribution < -0.4 is 0 Å². The monoisotopic (exact) mass is 199 g/mol. The van der Waals surface area contributed by atoms with Gasteiger partial charge in [0.25, 0.3) is 0 Å². The number of furan rings is 1. The molecule has 1 aromatic carbocycles. The number of nitrogens with zero attached hydrogens (tertiary/aromatic N) is 1. The highest BCUT2D eigenvalue weighted by molar-refractivity contribution is 6.07. The van der Waals surface area contributed by atoms with Crippen LogP contribution in [0.1, 0.15) is 11.4 Å². The van der Waals surface area contributed by atoms with Crippen LogP contribution in [0.2, 0.25) is 0 Å². The Hall–Kier alpha value is -1.70. The zero-order valence-corrected chi connectivity index (χ0v) is 9.16. The number of benzene rings is 1. The third-order valence-corrected chi connectivity index (χ3v) is 3.29. The lowest BCUT2D eigenvalue weighted by Gasteiger charge is -1.98. The van der Waals surface area contributed by atoms with Crippen LogP contribution in [0.3, 0.4) is 0 Å². The largest absolute Gasteiger partial charge is 0.454 e. The number of hydrogen-bond acceptors (Lipinski definition) is 1. The Kier molecular flexibility index (Phi) is 1.52. The maximum atomic E-state index is 5.86. The maximum absolute atomic E-state index is 5.86. The lowest BCUT2D eigenvalue weighted by atomic mass is 10.2. The smallest absolute Gasteiger partial charge is 0.156 e. The zero-order chi connectivity index (χ0) is 10.6. The molecule has 0 bridgehead atoms. The minimum absolute atomic E-state index is 0.981. The summed E-state index contributed by atoms with van der Waals surface area (Å²) >= 11 is 0. The first-order valence-corrected chi connectivity index (χ1v) is 5.13. The van der Waals surface area contributed by atoms with Crippen LogP contribution in [0.5, 0.6) is 0 Å². The van der Waals surface area contributed by atoms with E-state index in [0.29, 0.717) is 0 Å². The van der Waals surface area contributed by atoms with Gasteiger partial charge in [0.2, 0.25) is 0 Å². The van der Waals surface area contributed by atoms with E-state index in [1.807, 2.05) is 12.1 Å². The molecule has 2 heteroatoms. The van der Waals surface area contributed by atoms with Gasteiger partial charge in [-0.2, -0.15) is 0 Å². The van der Waals surface area contributed by atoms with E-state index in [-0.39, 0.29) is 0 Å². The van der Waals surface area contributed by atoms with Gasteiger partial charge in [0, 0.05) is 23.5 Å². The van der Waals surface area contributed by atoms with Crippen molar-refractivity contribution in [3.63, 3.8) is 0 Å². The number of hydrogen-bond donors (Lipinski definition) is 0. The van der Waals surface area contributed by atoms with Crippen LogP contribution in [0.4, 0.5) is 0 Å². The molecule has 3 aromatic rings. The molecule has 15 heavy (non-hydrogen) atoms. The van der Waals surface area contributed by atoms with Crippen LogP contribution in [-0.2, 0) is 7.05 Å². The SMILES string of the molecule is Cc1c2oc3ccccc3c2c(C)n1C. The molecule has 0 fully saturated rings. The molecule has 2 aromatic heterocycles. The number of aryl methyl sites for hydroxylation is 2. The molecule has 0 amide bonds. The molecule has 0 atom stereocenters. The van der Waals surface area contributed by atoms with Crippen molar-refractivity contribution in [2.24, 2.45) is 7.05 Å². The van der Waals surface area contributed by atoms with Crippen molar-refractivity contribution in [3.8, 4) is 0 Å². The Morgan fingerprint density at radius 1 is 1.07 bits per heavy atom. The predicted molar refractivity (Wildman–Crippen MR) is 62.2 cm³/mol. The highest BCUT2D eigenvalue weighted by Crippen LogP contribution is 2.34. The van der Waals surface area contributed by atoms with E-state index in [0.717, 1.165) is 11.2 Å². The van der Waals surface area contributed by atoms with Gasteiger partial charge >= 0.3 is 0 Å². The van der Waals surface area contributed by atoms with E-state index in [1.54, 1.807) is 0 Å². The van der Waals surface area contributed by atoms with Crippen LogP contribution in [-0.4, -0.2) is 4.57 Å². The Bertz CT molecular complexity index is 658. The summed E-state index contributed by atoms with van der Waals surface area (Å²) in [6, 6.07) is 8.20. The second-order valence-electron chi connectivity index (χ2n) is 4.03. The number of para-hydroxylation sites is 1. The van der Waals surface area contributed by atoms with Crippen molar-refractivity contribution in [1.29, 1.82) is 0 Å². The molecule has 0 spiro atoms. The molecule has 0 saturated carbocycles. The molecule has 0 N–H and O–H groups in total. The van der Waals surface area contributed by atoms with Gasteiger partial charge in [-0.3, -0.25) is 0 Å². The van der Waals surface area contributed by atoms with Crippen molar-refractivity contribution in [2.45, 2.75) is 13.8 Å². The van der Waals surface area contributed by atoms with Gasteiger partial charge in [-0.05, 0) is 19.9 Å². The van der Waals surface area contributed by atoms with E-state index in [9.17, 15) is 0 Å². The van der Waals surface area contributed by atoms with Crippen molar-refractivity contribution < 1.29 is 4.42 Å². The molecule has 76 valence electrons. The molecule has 0 aliphatic heterocycles. The molecule has 0 unspecified atom stereocenters. The summed E-state index contributed by atoms with van der Waals surface area (Å²) < 4.78 is 8.05. The standard InChI is InChI=1S/C13H13NO/c1-8-12-10-6-4-5-7-11(10)15-13(12)9(2)14(8)3/h4-7H,1-3H3. The minimum Gasteiger partial charge on any atom is -0.454 e. The Morgan fingerprint density at radius 2 is 1.80 bits per heavy atom. The first-order chi connectivity index (χ1) is 7.20. The molecule has 2 heterocycles. The Balaban J connectivity index is 2.65. The van der Waals surface area contributed by atoms with Crippen LogP contribution in [0, 0.1) is 13.8 Å². The van der Waals surface area contributed by atoms with Crippen LogP contribution in [0.15, 0.2) is 28.7 Å². The fraction of sp³-hybridized carbons (Fsp3) is 0.231. The number of fused-ring (bicyclic) bond motifs is 3. The van der Waals surface area contributed by atoms with Gasteiger partial charge in [0.1, 0.15) is 5.58 Å². The van der Waals surface area contributed by atoms with Crippen molar-refractivity contribution in [1.82, 2.24) is 4.57 Å². The first-order valence-electron chi connectivity index (χ1n) is 5.13. The van der Waals surface area contributed by atoms with E-state index >= 15 is 0 Å². The molecule has 0 radical (unpaired) electrons. The highest BCUT2D eigenvalue weighted by Gasteiger charge is 2.15. The molecular formula is C13H13NO. The summed E-state index contributed by atoms with van der Waals surface area (Å²) in [5.41, 5.74) is 4.47. The summed E-state index contributed by atoms with van der Waals surface area (Å²) in [6.45, 7) is 4.23. The summed E-state index contributed by atoms with van der Waals surface area (Å²) in [5.74, 6) is 0. The van der Waals surface area contributed by atoms with Crippen molar-refractivity contribution >= 4 is 21.9 Å². The number of rotatable bonds is 0. The maximum Gasteiger partial charge on any atom is 0.156 e. The Morgan fingerprint density at radius 3 is 2.60 bits per heavy atom. The van der Waals surface area contributed by atoms with Gasteiger partial charge in [0.15, 0.2) is 5.58 Å². The molecular weight excluding hydrogens is 186 g/mol. The average Bonchev–Trinajstić information content (AvgIpc) is 2.72. The van der Waals surface area contributed by atoms with Gasteiger partial charge < -0.3 is 8.98 Å². The second-order valence-corrected chi connectivity index (χ2v) is 4.03. The van der Waals surface area contributed by atoms with Gasteiger partial charge in [-0.25, -0.2) is 0 Å². The lowest BCUT2D eigenvalue weighted by Crippen LogP contribution is -1.92. The normalized spacial score (nSPS) is 11.7. The average molecular weight is 199 g/mol. The number of aromatic nitrogens is 1. The van der Waals surface area contributed by atoms with Crippen molar-refractivity contribution in [2.75, 3.05) is 0 Å². The van der Waals surface area contributed by atoms with Crippen LogP contribution >= 0.6 is 0 Å². The summed E-state index contributed by atoms with van der Waals surface area (Å²) in [5, 5.41) is 2.47. The third-order valence-electron chi connectivity index (χ3n) is 3.29. The second kappa shape index (κ2) is 2.66. The first kappa shape index (κ1) is 8.60. The molecule has 0 saturated heterocycles. The zero-order valence-electron chi connectivity index (χ0n) is 9.16. The van der Waals surface area contributed by atoms with Gasteiger partial charge in [-0.15, -0.1) is 0 Å². The van der Waals surface area contributed by atoms with E-state index in [1.165, 1.54) is 22.2 Å². The molecule has 2 nitrogen and oxygen atoms in total. The van der Waals surface area contributed by atoms with E-state index in [4.69, 9.17) is 4.42 Å². The third kappa shape index (κ3) is 0.938. The van der Waals surface area contributed by atoms with Gasteiger partial charge in [0.05, 0.1) is 5.69 Å². The fourth-order valence-corrected chi connectivity index (χ4v) is 2.23. The van der Waals surface area contributed by atoms with Gasteiger partial charge in [-0.1, -0.05) is 18.2 Å². The Labute approximate surface area is 88.1 Å². The topological polar surface area (TPSA) is 18.1 Å². The van der Waals surface area contributed by atoms with Crippen LogP contribution in [0.25, 0.3) is 21.9 Å². The summed E-state index contributed by atoms with van der Waals surface area (Å²) in [4.78, 5) is 0.